The van der Waals surface area contributed by atoms with Gasteiger partial charge in [-0.15, -0.1) is 0 Å². The minimum absolute atomic E-state index is 0. The zero-order valence-corrected chi connectivity index (χ0v) is 5.51. The molecule has 0 aliphatic carbocycles. The monoisotopic (exact) mass is 166 g/mol. The molecule has 4 heteroatoms. The molecule has 0 heterocycles. The van der Waals surface area contributed by atoms with E-state index in [0.717, 1.165) is 13.8 Å². The topological polar surface area (TPSA) is 60.4 Å². The molecule has 8 heavy (non-hydrogen) atoms. The number of hydrogen-bond acceptors (Lipinski definition) is 3. The van der Waals surface area contributed by atoms with Gasteiger partial charge in [-0.25, -0.2) is 0 Å². The van der Waals surface area contributed by atoms with E-state index in [2.05, 4.69) is 0 Å². The predicted octanol–water partition coefficient (Wildman–Crippen LogP) is -1.50. The first-order valence-electron chi connectivity index (χ1n) is 1.88. The Morgan fingerprint density at radius 3 is 1.75 bits per heavy atom. The molecule has 1 N–H and O–H groups in total. The van der Waals surface area contributed by atoms with Gasteiger partial charge in [0.15, 0.2) is 0 Å². The fourth-order valence-electron chi connectivity index (χ4n) is 0. The number of aliphatic hydroxyl groups is 1. The number of carboxylic acid groups (broad SMARTS) is 1. The van der Waals surface area contributed by atoms with Gasteiger partial charge in [0.25, 0.3) is 0 Å². The Balaban J connectivity index is 0. The van der Waals surface area contributed by atoms with E-state index >= 15 is 0 Å². The Morgan fingerprint density at radius 2 is 1.75 bits per heavy atom. The number of carbonyl (C=O) groups is 1. The second-order valence-corrected chi connectivity index (χ2v) is 1.85. The van der Waals surface area contributed by atoms with Gasteiger partial charge in [-0.2, -0.15) is 0 Å². The zero-order valence-electron chi connectivity index (χ0n) is 4.57. The van der Waals surface area contributed by atoms with E-state index in [1.54, 1.807) is 0 Å². The summed E-state index contributed by atoms with van der Waals surface area (Å²) in [6.07, 6.45) is 0. The van der Waals surface area contributed by atoms with Crippen LogP contribution in [0.2, 0.25) is 0 Å². The van der Waals surface area contributed by atoms with E-state index in [4.69, 9.17) is 5.11 Å². The molecule has 0 aliphatic rings. The Labute approximate surface area is 58.2 Å². The quantitative estimate of drug-likeness (QED) is 0.483. The molecule has 3 nitrogen and oxygen atoms in total. The van der Waals surface area contributed by atoms with Crippen LogP contribution < -0.4 is 5.11 Å². The Hall–Kier alpha value is -0.0505. The van der Waals surface area contributed by atoms with Crippen LogP contribution >= 0.6 is 0 Å². The molecular weight excluding hydrogens is 160 g/mol. The number of hydrogen-bond donors (Lipinski definition) is 1. The third-order valence-corrected chi connectivity index (χ3v) is 0.500. The summed E-state index contributed by atoms with van der Waals surface area (Å²) in [7, 11) is 0. The summed E-state index contributed by atoms with van der Waals surface area (Å²) < 4.78 is 0. The van der Waals surface area contributed by atoms with Crippen LogP contribution in [0, 0.1) is 0 Å². The maximum atomic E-state index is 9.66. The number of aliphatic carboxylic acids is 1. The van der Waals surface area contributed by atoms with Gasteiger partial charge in [0, 0.05) is 0 Å². The van der Waals surface area contributed by atoms with Crippen molar-refractivity contribution in [1.82, 2.24) is 0 Å². The molecule has 52 valence electrons. The first kappa shape index (κ1) is 10.8. The maximum absolute atomic E-state index is 9.66. The average molecular weight is 167 g/mol. The summed E-state index contributed by atoms with van der Waals surface area (Å²) in [4.78, 5) is 9.66. The van der Waals surface area contributed by atoms with E-state index in [0.29, 0.717) is 0 Å². The molecule has 0 atom stereocenters. The van der Waals surface area contributed by atoms with Gasteiger partial charge in [-0.05, 0) is 13.8 Å². The molecule has 0 fully saturated rings. The van der Waals surface area contributed by atoms with E-state index in [9.17, 15) is 9.90 Å². The van der Waals surface area contributed by atoms with Crippen molar-refractivity contribution in [2.45, 2.75) is 19.4 Å². The van der Waals surface area contributed by atoms with E-state index in [1.807, 2.05) is 0 Å². The zero-order chi connectivity index (χ0) is 6.08. The molecule has 0 aromatic carbocycles. The Kier molecular flexibility index (Phi) is 4.16. The van der Waals surface area contributed by atoms with Gasteiger partial charge in [0.1, 0.15) is 0 Å². The van der Waals surface area contributed by atoms with Gasteiger partial charge in [0.05, 0.1) is 11.6 Å². The van der Waals surface area contributed by atoms with Crippen LogP contribution in [0.5, 0.6) is 0 Å². The van der Waals surface area contributed by atoms with Crippen molar-refractivity contribution in [3.05, 3.63) is 0 Å². The molecule has 0 aliphatic heterocycles. The van der Waals surface area contributed by atoms with Crippen LogP contribution in [0.3, 0.4) is 0 Å². The van der Waals surface area contributed by atoms with Crippen LogP contribution in [0.4, 0.5) is 0 Å². The Morgan fingerprint density at radius 1 is 1.62 bits per heavy atom. The minimum Gasteiger partial charge on any atom is -0.547 e. The van der Waals surface area contributed by atoms with Crippen LogP contribution in [0.25, 0.3) is 0 Å². The number of carbonyl (C=O) groups excluding carboxylic acids is 1. The summed E-state index contributed by atoms with van der Waals surface area (Å²) in [5.74, 6) is -1.45. The fraction of sp³-hybridized carbons (Fsp3) is 0.750. The summed E-state index contributed by atoms with van der Waals surface area (Å²) in [6, 6.07) is 0. The molecule has 0 rings (SSSR count). The smallest absolute Gasteiger partial charge is 0.547 e. The third-order valence-electron chi connectivity index (χ3n) is 0.500. The molecule has 0 bridgehead atoms. The number of rotatable bonds is 1. The van der Waals surface area contributed by atoms with Crippen LogP contribution in [-0.2, 0) is 21.9 Å². The normalized spacial score (nSPS) is 9.88. The maximum Gasteiger partial charge on any atom is 1.00 e. The molecule has 0 aromatic rings. The standard InChI is InChI=1S/C4H8O3.Cu/c1-4(2,7)3(5)6;/h7H,1-2H3,(H,5,6);/q;+1/p-1. The summed E-state index contributed by atoms with van der Waals surface area (Å²) in [6.45, 7) is 2.31. The first-order chi connectivity index (χ1) is 2.94. The van der Waals surface area contributed by atoms with Gasteiger partial charge in [-0.3, -0.25) is 0 Å². The van der Waals surface area contributed by atoms with Crippen molar-refractivity contribution >= 4 is 5.97 Å². The minimum atomic E-state index is -1.69. The Bertz CT molecular complexity index is 83.8. The average Bonchev–Trinajstić information content (AvgIpc) is 1.31. The van der Waals surface area contributed by atoms with E-state index in [1.165, 1.54) is 0 Å². The largest absolute Gasteiger partial charge is 1.00 e. The van der Waals surface area contributed by atoms with Crippen molar-refractivity contribution in [3.63, 3.8) is 0 Å². The molecule has 0 radical (unpaired) electrons. The molecule has 0 saturated carbocycles. The van der Waals surface area contributed by atoms with Crippen LogP contribution in [0.15, 0.2) is 0 Å². The van der Waals surface area contributed by atoms with Crippen LogP contribution in [-0.4, -0.2) is 16.7 Å². The second kappa shape index (κ2) is 3.07. The molecule has 0 saturated heterocycles. The summed E-state index contributed by atoms with van der Waals surface area (Å²) in [5.41, 5.74) is -1.69. The second-order valence-electron chi connectivity index (χ2n) is 1.85. The summed E-state index contributed by atoms with van der Waals surface area (Å²) in [5, 5.41) is 18.1. The van der Waals surface area contributed by atoms with Gasteiger partial charge >= 0.3 is 17.1 Å². The predicted molar refractivity (Wildman–Crippen MR) is 21.3 cm³/mol. The van der Waals surface area contributed by atoms with Gasteiger partial charge in [0.2, 0.25) is 0 Å². The van der Waals surface area contributed by atoms with Crippen molar-refractivity contribution in [2.75, 3.05) is 0 Å². The molecular formula is C4H7CuO3. The fourth-order valence-corrected chi connectivity index (χ4v) is 0. The van der Waals surface area contributed by atoms with Crippen molar-refractivity contribution in [2.24, 2.45) is 0 Å². The summed E-state index contributed by atoms with van der Waals surface area (Å²) >= 11 is 0. The molecule has 0 aromatic heterocycles. The van der Waals surface area contributed by atoms with E-state index < -0.39 is 11.6 Å². The third kappa shape index (κ3) is 4.12. The van der Waals surface area contributed by atoms with Crippen molar-refractivity contribution in [3.8, 4) is 0 Å². The van der Waals surface area contributed by atoms with Crippen molar-refractivity contribution < 1.29 is 32.1 Å². The molecule has 0 spiro atoms. The number of carboxylic acids is 1. The molecule has 0 unspecified atom stereocenters. The van der Waals surface area contributed by atoms with Crippen molar-refractivity contribution in [1.29, 1.82) is 0 Å². The SMILES string of the molecule is CC(C)(O)C(=O)[O-].[Cu+]. The van der Waals surface area contributed by atoms with Gasteiger partial charge in [-0.1, -0.05) is 0 Å². The molecule has 0 amide bonds. The van der Waals surface area contributed by atoms with Crippen LogP contribution in [0.1, 0.15) is 13.8 Å². The van der Waals surface area contributed by atoms with Gasteiger partial charge < -0.3 is 15.0 Å². The first-order valence-corrected chi connectivity index (χ1v) is 1.88. The van der Waals surface area contributed by atoms with E-state index in [-0.39, 0.29) is 17.1 Å².